The zero-order chi connectivity index (χ0) is 19.0. The number of thiophene rings is 1. The van der Waals surface area contributed by atoms with Crippen molar-refractivity contribution >= 4 is 33.3 Å². The molecule has 4 aromatic rings. The van der Waals surface area contributed by atoms with Gasteiger partial charge in [-0.15, -0.1) is 0 Å². The highest BCUT2D eigenvalue weighted by atomic mass is 32.1. The minimum atomic E-state index is -0.943. The van der Waals surface area contributed by atoms with Crippen LogP contribution in [0.1, 0.15) is 5.69 Å². The Morgan fingerprint density at radius 2 is 1.89 bits per heavy atom. The average molecular weight is 378 g/mol. The molecular weight excluding hydrogens is 364 g/mol. The number of aromatic nitrogens is 4. The van der Waals surface area contributed by atoms with Crippen molar-refractivity contribution in [2.24, 2.45) is 5.73 Å². The summed E-state index contributed by atoms with van der Waals surface area (Å²) in [6.45, 7) is 1.89. The van der Waals surface area contributed by atoms with E-state index in [1.807, 2.05) is 43.3 Å². The number of nitrogens with two attached hydrogens (primary N) is 2. The van der Waals surface area contributed by atoms with Gasteiger partial charge in [-0.2, -0.15) is 0 Å². The van der Waals surface area contributed by atoms with Crippen LogP contribution in [0.4, 0.5) is 10.5 Å². The van der Waals surface area contributed by atoms with Gasteiger partial charge in [-0.05, 0) is 31.2 Å². The molecule has 4 aromatic heterocycles. The van der Waals surface area contributed by atoms with E-state index in [0.29, 0.717) is 33.1 Å². The number of carbonyl (C=O) groups excluding carboxylic acids is 1. The van der Waals surface area contributed by atoms with Crippen LogP contribution in [0.25, 0.3) is 33.1 Å². The normalized spacial score (nSPS) is 10.9. The quantitative estimate of drug-likeness (QED) is 0.560. The van der Waals surface area contributed by atoms with Crippen molar-refractivity contribution < 1.29 is 9.53 Å². The molecule has 0 saturated carbocycles. The summed E-state index contributed by atoms with van der Waals surface area (Å²) < 4.78 is 5.02. The first-order valence-electron chi connectivity index (χ1n) is 7.95. The molecule has 0 aromatic carbocycles. The van der Waals surface area contributed by atoms with Crippen LogP contribution in [0.3, 0.4) is 0 Å². The highest BCUT2D eigenvalue weighted by Crippen LogP contribution is 2.43. The lowest BCUT2D eigenvalue weighted by molar-refractivity contribution is 0.212. The molecule has 0 unspecified atom stereocenters. The number of nitrogen functional groups attached to an aromatic ring is 1. The molecule has 0 aliphatic heterocycles. The lowest BCUT2D eigenvalue weighted by Gasteiger charge is -2.07. The Kier molecular flexibility index (Phi) is 4.13. The number of primary amides is 1. The largest absolute Gasteiger partial charge is 0.410 e. The van der Waals surface area contributed by atoms with Gasteiger partial charge in [0.05, 0.1) is 16.8 Å². The fourth-order valence-corrected chi connectivity index (χ4v) is 3.59. The number of amides is 1. The number of aryl methyl sites for hydroxylation is 1. The van der Waals surface area contributed by atoms with Crippen LogP contribution in [-0.4, -0.2) is 26.0 Å². The van der Waals surface area contributed by atoms with Gasteiger partial charge in [0, 0.05) is 11.9 Å². The van der Waals surface area contributed by atoms with Gasteiger partial charge in [0.25, 0.3) is 0 Å². The molecule has 4 N–H and O–H groups in total. The van der Waals surface area contributed by atoms with Crippen molar-refractivity contribution in [1.82, 2.24) is 19.9 Å². The highest BCUT2D eigenvalue weighted by Gasteiger charge is 2.21. The third kappa shape index (κ3) is 3.15. The van der Waals surface area contributed by atoms with Crippen LogP contribution in [0, 0.1) is 6.92 Å². The molecule has 0 aliphatic rings. The maximum absolute atomic E-state index is 11.2. The Labute approximate surface area is 157 Å². The molecule has 0 bridgehead atoms. The summed E-state index contributed by atoms with van der Waals surface area (Å²) >= 11 is 1.12. The fourth-order valence-electron chi connectivity index (χ4n) is 2.64. The van der Waals surface area contributed by atoms with Crippen LogP contribution in [0.2, 0.25) is 0 Å². The molecule has 0 saturated heterocycles. The van der Waals surface area contributed by atoms with Gasteiger partial charge < -0.3 is 16.2 Å². The smallest absolute Gasteiger partial charge is 0.397 e. The second-order valence-electron chi connectivity index (χ2n) is 5.68. The van der Waals surface area contributed by atoms with E-state index in [1.165, 1.54) is 0 Å². The first kappa shape index (κ1) is 16.9. The highest BCUT2D eigenvalue weighted by molar-refractivity contribution is 7.21. The lowest BCUT2D eigenvalue weighted by Crippen LogP contribution is -2.16. The Balaban J connectivity index is 2.02. The number of carbonyl (C=O) groups is 1. The molecule has 0 atom stereocenters. The summed E-state index contributed by atoms with van der Waals surface area (Å²) in [6, 6.07) is 11.1. The van der Waals surface area contributed by atoms with Crippen LogP contribution >= 0.6 is 11.3 Å². The predicted molar refractivity (Wildman–Crippen MR) is 103 cm³/mol. The van der Waals surface area contributed by atoms with E-state index < -0.39 is 6.09 Å². The summed E-state index contributed by atoms with van der Waals surface area (Å²) in [5.74, 6) is 0.424. The Bertz CT molecular complexity index is 1160. The van der Waals surface area contributed by atoms with Crippen LogP contribution < -0.4 is 16.2 Å². The number of nitrogens with zero attached hydrogens (tertiary/aromatic N) is 4. The van der Waals surface area contributed by atoms with E-state index in [1.54, 1.807) is 6.20 Å². The fraction of sp³-hybridized carbons (Fsp3) is 0.0556. The molecule has 27 heavy (non-hydrogen) atoms. The van der Waals surface area contributed by atoms with Crippen molar-refractivity contribution in [3.63, 3.8) is 0 Å². The number of rotatable bonds is 3. The summed E-state index contributed by atoms with van der Waals surface area (Å²) in [6.07, 6.45) is 0.721. The zero-order valence-electron chi connectivity index (χ0n) is 14.2. The van der Waals surface area contributed by atoms with Crippen LogP contribution in [-0.2, 0) is 0 Å². The standard InChI is InChI=1S/C18H14N6O2S/c1-9-5-4-7-10(22-9)14-12-13(19)17(26-18(20)25)27-16(12)24-15(23-14)11-6-2-3-8-21-11/h2-8H,19H2,1H3,(H2,20,25). The summed E-state index contributed by atoms with van der Waals surface area (Å²) in [4.78, 5) is 29.8. The van der Waals surface area contributed by atoms with E-state index in [2.05, 4.69) is 19.9 Å². The number of ether oxygens (including phenoxy) is 1. The SMILES string of the molecule is Cc1cccc(-c2nc(-c3ccccn3)nc3sc(OC(N)=O)c(N)c23)n1. The molecule has 134 valence electrons. The zero-order valence-corrected chi connectivity index (χ0v) is 15.0. The molecule has 0 fully saturated rings. The molecule has 0 aliphatic carbocycles. The number of hydrogen-bond donors (Lipinski definition) is 2. The van der Waals surface area contributed by atoms with Gasteiger partial charge in [0.1, 0.15) is 16.2 Å². The minimum absolute atomic E-state index is 0.180. The molecular formula is C18H14N6O2S. The van der Waals surface area contributed by atoms with E-state index in [-0.39, 0.29) is 10.8 Å². The van der Waals surface area contributed by atoms with Crippen molar-refractivity contribution in [3.8, 4) is 28.0 Å². The van der Waals surface area contributed by atoms with Crippen molar-refractivity contribution in [2.75, 3.05) is 5.73 Å². The van der Waals surface area contributed by atoms with E-state index in [4.69, 9.17) is 16.2 Å². The second kappa shape index (κ2) is 6.61. The van der Waals surface area contributed by atoms with Gasteiger partial charge in [0.2, 0.25) is 5.06 Å². The lowest BCUT2D eigenvalue weighted by atomic mass is 10.1. The number of fused-ring (bicyclic) bond motifs is 1. The van der Waals surface area contributed by atoms with E-state index >= 15 is 0 Å². The van der Waals surface area contributed by atoms with Gasteiger partial charge in [-0.3, -0.25) is 9.97 Å². The molecule has 0 spiro atoms. The third-order valence-electron chi connectivity index (χ3n) is 3.77. The third-order valence-corrected chi connectivity index (χ3v) is 4.75. The average Bonchev–Trinajstić information content (AvgIpc) is 2.97. The maximum Gasteiger partial charge on any atom is 0.410 e. The molecule has 1 amide bonds. The minimum Gasteiger partial charge on any atom is -0.397 e. The Hall–Kier alpha value is -3.59. The topological polar surface area (TPSA) is 130 Å². The number of pyridine rings is 2. The van der Waals surface area contributed by atoms with Gasteiger partial charge in [0.15, 0.2) is 5.82 Å². The van der Waals surface area contributed by atoms with Crippen molar-refractivity contribution in [3.05, 3.63) is 48.3 Å². The number of anilines is 1. The monoisotopic (exact) mass is 378 g/mol. The Morgan fingerprint density at radius 1 is 1.07 bits per heavy atom. The van der Waals surface area contributed by atoms with Gasteiger partial charge in [-0.25, -0.2) is 14.8 Å². The molecule has 4 heterocycles. The first-order valence-corrected chi connectivity index (χ1v) is 8.77. The van der Waals surface area contributed by atoms with E-state index in [0.717, 1.165) is 17.0 Å². The molecule has 4 rings (SSSR count). The molecule has 0 radical (unpaired) electrons. The second-order valence-corrected chi connectivity index (χ2v) is 6.64. The molecule has 8 nitrogen and oxygen atoms in total. The predicted octanol–water partition coefficient (Wildman–Crippen LogP) is 3.16. The number of hydrogen-bond acceptors (Lipinski definition) is 8. The van der Waals surface area contributed by atoms with Crippen molar-refractivity contribution in [1.29, 1.82) is 0 Å². The van der Waals surface area contributed by atoms with E-state index in [9.17, 15) is 4.79 Å². The van der Waals surface area contributed by atoms with Gasteiger partial charge in [-0.1, -0.05) is 23.5 Å². The summed E-state index contributed by atoms with van der Waals surface area (Å²) in [5, 5.41) is 0.743. The maximum atomic E-state index is 11.2. The van der Waals surface area contributed by atoms with Crippen molar-refractivity contribution in [2.45, 2.75) is 6.92 Å². The first-order chi connectivity index (χ1) is 13.0. The summed E-state index contributed by atoms with van der Waals surface area (Å²) in [5.41, 5.74) is 14.2. The Morgan fingerprint density at radius 3 is 2.59 bits per heavy atom. The van der Waals surface area contributed by atoms with Crippen LogP contribution in [0.15, 0.2) is 42.6 Å². The molecule has 9 heteroatoms. The van der Waals surface area contributed by atoms with Gasteiger partial charge >= 0.3 is 6.09 Å². The summed E-state index contributed by atoms with van der Waals surface area (Å²) in [7, 11) is 0. The van der Waals surface area contributed by atoms with Crippen LogP contribution in [0.5, 0.6) is 5.06 Å².